The monoisotopic (exact) mass is 320 g/mol. The first-order chi connectivity index (χ1) is 10.9. The Morgan fingerprint density at radius 2 is 2.13 bits per heavy atom. The molecule has 0 bridgehead atoms. The molecule has 1 atom stereocenters. The van der Waals surface area contributed by atoms with Crippen molar-refractivity contribution in [2.45, 2.75) is 43.6 Å². The standard InChI is InChI=1S/C16H17FN2O4/c17-9-2-3-10-11(7-13(20)18-12(10)6-9)15(23)19-16(4-1-5-16)8-14(21)22/h2-3,6,11H,1,4-5,7-8H2,(H,18,20)(H,19,23)(H,21,22). The molecule has 1 aromatic carbocycles. The number of carboxylic acid groups (broad SMARTS) is 1. The maximum absolute atomic E-state index is 13.3. The number of benzene rings is 1. The molecule has 1 aliphatic carbocycles. The highest BCUT2D eigenvalue weighted by atomic mass is 19.1. The normalized spacial score (nSPS) is 21.6. The second-order valence-electron chi connectivity index (χ2n) is 6.23. The average Bonchev–Trinajstić information content (AvgIpc) is 2.42. The summed E-state index contributed by atoms with van der Waals surface area (Å²) in [5, 5.41) is 14.4. The minimum atomic E-state index is -0.964. The summed E-state index contributed by atoms with van der Waals surface area (Å²) < 4.78 is 13.3. The number of carbonyl (C=O) groups excluding carboxylic acids is 2. The van der Waals surface area contributed by atoms with E-state index in [4.69, 9.17) is 5.11 Å². The molecule has 1 unspecified atom stereocenters. The molecule has 7 heteroatoms. The van der Waals surface area contributed by atoms with Crippen LogP contribution >= 0.6 is 0 Å². The maximum atomic E-state index is 13.3. The van der Waals surface area contributed by atoms with Crippen LogP contribution in [-0.2, 0) is 14.4 Å². The minimum absolute atomic E-state index is 0.0341. The van der Waals surface area contributed by atoms with E-state index in [0.29, 0.717) is 24.1 Å². The van der Waals surface area contributed by atoms with Crippen molar-refractivity contribution < 1.29 is 23.9 Å². The van der Waals surface area contributed by atoms with Gasteiger partial charge in [-0.1, -0.05) is 6.07 Å². The molecule has 2 amide bonds. The highest BCUT2D eigenvalue weighted by Crippen LogP contribution is 2.38. The topological polar surface area (TPSA) is 95.5 Å². The van der Waals surface area contributed by atoms with Crippen LogP contribution in [0, 0.1) is 5.82 Å². The highest BCUT2D eigenvalue weighted by Gasteiger charge is 2.42. The molecule has 0 aromatic heterocycles. The van der Waals surface area contributed by atoms with Gasteiger partial charge in [-0.05, 0) is 37.0 Å². The highest BCUT2D eigenvalue weighted by molar-refractivity contribution is 6.01. The van der Waals surface area contributed by atoms with Crippen LogP contribution in [0.3, 0.4) is 0 Å². The Kier molecular flexibility index (Phi) is 3.79. The maximum Gasteiger partial charge on any atom is 0.305 e. The van der Waals surface area contributed by atoms with E-state index < -0.39 is 23.2 Å². The molecule has 1 fully saturated rings. The second-order valence-corrected chi connectivity index (χ2v) is 6.23. The molecule has 122 valence electrons. The lowest BCUT2D eigenvalue weighted by atomic mass is 9.73. The van der Waals surface area contributed by atoms with Crippen molar-refractivity contribution in [2.24, 2.45) is 0 Å². The van der Waals surface area contributed by atoms with Crippen molar-refractivity contribution in [3.63, 3.8) is 0 Å². The van der Waals surface area contributed by atoms with Gasteiger partial charge >= 0.3 is 5.97 Å². The number of hydrogen-bond donors (Lipinski definition) is 3. The van der Waals surface area contributed by atoms with E-state index in [1.807, 2.05) is 0 Å². The SMILES string of the molecule is O=C(O)CC1(NC(=O)C2CC(=O)Nc3cc(F)ccc32)CCC1. The lowest BCUT2D eigenvalue weighted by Gasteiger charge is -2.42. The third-order valence-corrected chi connectivity index (χ3v) is 4.56. The first-order valence-electron chi connectivity index (χ1n) is 7.52. The number of carbonyl (C=O) groups is 3. The smallest absolute Gasteiger partial charge is 0.305 e. The van der Waals surface area contributed by atoms with Gasteiger partial charge in [0.25, 0.3) is 0 Å². The summed E-state index contributed by atoms with van der Waals surface area (Å²) in [7, 11) is 0. The molecule has 0 saturated heterocycles. The van der Waals surface area contributed by atoms with Gasteiger partial charge in [-0.2, -0.15) is 0 Å². The zero-order valence-electron chi connectivity index (χ0n) is 12.4. The van der Waals surface area contributed by atoms with Crippen LogP contribution in [0.15, 0.2) is 18.2 Å². The van der Waals surface area contributed by atoms with Gasteiger partial charge in [-0.3, -0.25) is 14.4 Å². The van der Waals surface area contributed by atoms with Crippen molar-refractivity contribution >= 4 is 23.5 Å². The molecule has 3 N–H and O–H groups in total. The van der Waals surface area contributed by atoms with Crippen molar-refractivity contribution in [1.82, 2.24) is 5.32 Å². The summed E-state index contributed by atoms with van der Waals surface area (Å²) in [5.41, 5.74) is 0.118. The van der Waals surface area contributed by atoms with E-state index >= 15 is 0 Å². The van der Waals surface area contributed by atoms with Crippen LogP contribution in [0.5, 0.6) is 0 Å². The fourth-order valence-electron chi connectivity index (χ4n) is 3.26. The van der Waals surface area contributed by atoms with Crippen molar-refractivity contribution in [2.75, 3.05) is 5.32 Å². The lowest BCUT2D eigenvalue weighted by Crippen LogP contribution is -2.56. The van der Waals surface area contributed by atoms with Gasteiger partial charge in [0.15, 0.2) is 0 Å². The molecule has 6 nitrogen and oxygen atoms in total. The number of anilines is 1. The number of halogens is 1. The molecule has 2 aliphatic rings. The molecule has 23 heavy (non-hydrogen) atoms. The Hall–Kier alpha value is -2.44. The molecular weight excluding hydrogens is 303 g/mol. The third kappa shape index (κ3) is 3.04. The van der Waals surface area contributed by atoms with E-state index in [2.05, 4.69) is 10.6 Å². The summed E-state index contributed by atoms with van der Waals surface area (Å²) in [4.78, 5) is 35.4. The molecule has 1 saturated carbocycles. The average molecular weight is 320 g/mol. The summed E-state index contributed by atoms with van der Waals surface area (Å²) >= 11 is 0. The Morgan fingerprint density at radius 3 is 2.74 bits per heavy atom. The first-order valence-corrected chi connectivity index (χ1v) is 7.52. The molecule has 1 aromatic rings. The number of nitrogens with one attached hydrogen (secondary N) is 2. The van der Waals surface area contributed by atoms with Gasteiger partial charge in [0.1, 0.15) is 5.82 Å². The van der Waals surface area contributed by atoms with Gasteiger partial charge < -0.3 is 15.7 Å². The van der Waals surface area contributed by atoms with Crippen molar-refractivity contribution in [1.29, 1.82) is 0 Å². The number of amides is 2. The molecule has 0 spiro atoms. The van der Waals surface area contributed by atoms with Crippen LogP contribution < -0.4 is 10.6 Å². The van der Waals surface area contributed by atoms with E-state index in [9.17, 15) is 18.8 Å². The molecule has 3 rings (SSSR count). The summed E-state index contributed by atoms with van der Waals surface area (Å²) in [5.74, 6) is -2.93. The van der Waals surface area contributed by atoms with Crippen LogP contribution in [0.4, 0.5) is 10.1 Å². The van der Waals surface area contributed by atoms with Crippen LogP contribution in [0.2, 0.25) is 0 Å². The summed E-state index contributed by atoms with van der Waals surface area (Å²) in [6, 6.07) is 3.91. The first kappa shape index (κ1) is 15.5. The molecule has 1 aliphatic heterocycles. The Labute approximate surface area is 132 Å². The Balaban J connectivity index is 1.83. The van der Waals surface area contributed by atoms with Crippen molar-refractivity contribution in [3.05, 3.63) is 29.6 Å². The van der Waals surface area contributed by atoms with Gasteiger partial charge in [0.05, 0.1) is 17.9 Å². The Morgan fingerprint density at radius 1 is 1.39 bits per heavy atom. The molecule has 1 heterocycles. The van der Waals surface area contributed by atoms with E-state index in [0.717, 1.165) is 6.42 Å². The third-order valence-electron chi connectivity index (χ3n) is 4.56. The van der Waals surface area contributed by atoms with Gasteiger partial charge in [0, 0.05) is 12.1 Å². The largest absolute Gasteiger partial charge is 0.481 e. The van der Waals surface area contributed by atoms with E-state index in [-0.39, 0.29) is 24.7 Å². The fraction of sp³-hybridized carbons (Fsp3) is 0.438. The van der Waals surface area contributed by atoms with E-state index in [1.54, 1.807) is 0 Å². The fourth-order valence-corrected chi connectivity index (χ4v) is 3.26. The minimum Gasteiger partial charge on any atom is -0.481 e. The molecular formula is C16H17FN2O4. The lowest BCUT2D eigenvalue weighted by molar-refractivity contribution is -0.141. The Bertz CT molecular complexity index is 685. The van der Waals surface area contributed by atoms with Crippen molar-refractivity contribution in [3.8, 4) is 0 Å². The zero-order chi connectivity index (χ0) is 16.6. The second kappa shape index (κ2) is 5.64. The summed E-state index contributed by atoms with van der Waals surface area (Å²) in [6.07, 6.45) is 1.92. The van der Waals surface area contributed by atoms with Crippen LogP contribution in [0.25, 0.3) is 0 Å². The number of fused-ring (bicyclic) bond motifs is 1. The number of aliphatic carboxylic acids is 1. The van der Waals surface area contributed by atoms with Gasteiger partial charge in [0.2, 0.25) is 11.8 Å². The van der Waals surface area contributed by atoms with Gasteiger partial charge in [-0.15, -0.1) is 0 Å². The predicted molar refractivity (Wildman–Crippen MR) is 79.4 cm³/mol. The van der Waals surface area contributed by atoms with Crippen LogP contribution in [-0.4, -0.2) is 28.4 Å². The number of carboxylic acids is 1. The number of hydrogen-bond acceptors (Lipinski definition) is 3. The predicted octanol–water partition coefficient (Wildman–Crippen LogP) is 1.77. The molecule has 0 radical (unpaired) electrons. The zero-order valence-corrected chi connectivity index (χ0v) is 12.4. The van der Waals surface area contributed by atoms with Gasteiger partial charge in [-0.25, -0.2) is 4.39 Å². The van der Waals surface area contributed by atoms with Crippen LogP contribution in [0.1, 0.15) is 43.6 Å². The van der Waals surface area contributed by atoms with E-state index in [1.165, 1.54) is 18.2 Å². The quantitative estimate of drug-likeness (QED) is 0.788. The summed E-state index contributed by atoms with van der Waals surface area (Å²) in [6.45, 7) is 0. The number of rotatable bonds is 4.